The number of piperidine rings is 1. The molecule has 152 valence electrons. The maximum absolute atomic E-state index is 13.3. The predicted molar refractivity (Wildman–Crippen MR) is 110 cm³/mol. The first-order chi connectivity index (χ1) is 14.0. The lowest BCUT2D eigenvalue weighted by molar-refractivity contribution is -0.123. The molecule has 0 radical (unpaired) electrons. The minimum Gasteiger partial charge on any atom is -0.385 e. The zero-order chi connectivity index (χ0) is 20.0. The van der Waals surface area contributed by atoms with Gasteiger partial charge in [0.05, 0.1) is 12.1 Å². The zero-order valence-corrected chi connectivity index (χ0v) is 16.6. The fourth-order valence-electron chi connectivity index (χ4n) is 5.60. The highest BCUT2D eigenvalue weighted by atomic mass is 19.1. The lowest BCUT2D eigenvalue weighted by atomic mass is 9.80. The van der Waals surface area contributed by atoms with E-state index in [1.807, 2.05) is 23.1 Å². The SMILES string of the molecule is O=C(CN1C2CCC1CC(O)(c1ccc(F)cc1)C2)N1CCCc2ccccc21. The normalized spacial score (nSPS) is 29.0. The Kier molecular flexibility index (Phi) is 4.67. The zero-order valence-electron chi connectivity index (χ0n) is 16.6. The predicted octanol–water partition coefficient (Wildman–Crippen LogP) is 3.62. The number of benzene rings is 2. The molecule has 2 aromatic carbocycles. The van der Waals surface area contributed by atoms with Gasteiger partial charge in [0.2, 0.25) is 5.91 Å². The molecule has 2 aromatic rings. The Morgan fingerprint density at radius 2 is 1.76 bits per heavy atom. The summed E-state index contributed by atoms with van der Waals surface area (Å²) in [7, 11) is 0. The monoisotopic (exact) mass is 394 g/mol. The summed E-state index contributed by atoms with van der Waals surface area (Å²) < 4.78 is 13.3. The highest BCUT2D eigenvalue weighted by Crippen LogP contribution is 2.45. The molecule has 3 heterocycles. The molecule has 1 amide bonds. The second kappa shape index (κ2) is 7.22. The van der Waals surface area contributed by atoms with Crippen molar-refractivity contribution in [3.63, 3.8) is 0 Å². The number of hydrogen-bond donors (Lipinski definition) is 1. The number of hydrogen-bond acceptors (Lipinski definition) is 3. The van der Waals surface area contributed by atoms with E-state index in [9.17, 15) is 14.3 Å². The summed E-state index contributed by atoms with van der Waals surface area (Å²) in [5.74, 6) is -0.133. The van der Waals surface area contributed by atoms with Crippen molar-refractivity contribution in [3.8, 4) is 0 Å². The number of halogens is 1. The average molecular weight is 394 g/mol. The Labute approximate surface area is 170 Å². The van der Waals surface area contributed by atoms with E-state index in [-0.39, 0.29) is 23.8 Å². The van der Waals surface area contributed by atoms with Gasteiger partial charge in [-0.25, -0.2) is 4.39 Å². The Morgan fingerprint density at radius 1 is 1.07 bits per heavy atom. The van der Waals surface area contributed by atoms with Crippen molar-refractivity contribution in [2.75, 3.05) is 18.0 Å². The van der Waals surface area contributed by atoms with Crippen LogP contribution in [-0.4, -0.2) is 41.1 Å². The molecule has 4 nitrogen and oxygen atoms in total. The van der Waals surface area contributed by atoms with Crippen LogP contribution in [0.25, 0.3) is 0 Å². The van der Waals surface area contributed by atoms with E-state index in [4.69, 9.17) is 0 Å². The molecule has 3 aliphatic heterocycles. The van der Waals surface area contributed by atoms with Crippen LogP contribution in [0.3, 0.4) is 0 Å². The third-order valence-corrected chi connectivity index (χ3v) is 7.03. The van der Waals surface area contributed by atoms with Crippen LogP contribution >= 0.6 is 0 Å². The number of aryl methyl sites for hydroxylation is 1. The van der Waals surface area contributed by atoms with Crippen LogP contribution in [0.4, 0.5) is 10.1 Å². The molecular weight excluding hydrogens is 367 g/mol. The van der Waals surface area contributed by atoms with Crippen molar-refractivity contribution in [3.05, 3.63) is 65.5 Å². The molecule has 1 N–H and O–H groups in total. The molecule has 0 aliphatic carbocycles. The topological polar surface area (TPSA) is 43.8 Å². The van der Waals surface area contributed by atoms with Gasteiger partial charge in [-0.15, -0.1) is 0 Å². The molecular formula is C24H27FN2O2. The second-order valence-corrected chi connectivity index (χ2v) is 8.78. The van der Waals surface area contributed by atoms with Crippen LogP contribution in [0.5, 0.6) is 0 Å². The first kappa shape index (κ1) is 18.8. The number of amides is 1. The Morgan fingerprint density at radius 3 is 2.48 bits per heavy atom. The van der Waals surface area contributed by atoms with Gasteiger partial charge in [0.1, 0.15) is 5.82 Å². The van der Waals surface area contributed by atoms with Crippen LogP contribution in [0.15, 0.2) is 48.5 Å². The van der Waals surface area contributed by atoms with Crippen molar-refractivity contribution in [2.45, 2.75) is 56.2 Å². The maximum Gasteiger partial charge on any atom is 0.241 e. The molecule has 2 atom stereocenters. The maximum atomic E-state index is 13.3. The Hall–Kier alpha value is -2.24. The largest absolute Gasteiger partial charge is 0.385 e. The first-order valence-electron chi connectivity index (χ1n) is 10.7. The van der Waals surface area contributed by atoms with Gasteiger partial charge in [-0.3, -0.25) is 9.69 Å². The summed E-state index contributed by atoms with van der Waals surface area (Å²) in [4.78, 5) is 17.4. The van der Waals surface area contributed by atoms with E-state index in [1.54, 1.807) is 12.1 Å². The number of carbonyl (C=O) groups is 1. The summed E-state index contributed by atoms with van der Waals surface area (Å²) >= 11 is 0. The van der Waals surface area contributed by atoms with Crippen molar-refractivity contribution < 1.29 is 14.3 Å². The molecule has 2 fully saturated rings. The molecule has 2 saturated heterocycles. The molecule has 2 unspecified atom stereocenters. The van der Waals surface area contributed by atoms with Gasteiger partial charge in [-0.2, -0.15) is 0 Å². The van der Waals surface area contributed by atoms with E-state index >= 15 is 0 Å². The molecule has 5 heteroatoms. The van der Waals surface area contributed by atoms with Crippen LogP contribution in [-0.2, 0) is 16.8 Å². The molecule has 0 spiro atoms. The number of anilines is 1. The van der Waals surface area contributed by atoms with E-state index < -0.39 is 5.60 Å². The molecule has 29 heavy (non-hydrogen) atoms. The third-order valence-electron chi connectivity index (χ3n) is 7.03. The molecule has 0 saturated carbocycles. The Bertz CT molecular complexity index is 899. The highest BCUT2D eigenvalue weighted by molar-refractivity contribution is 5.96. The number of aliphatic hydroxyl groups is 1. The summed E-state index contributed by atoms with van der Waals surface area (Å²) in [6.07, 6.45) is 5.22. The summed E-state index contributed by atoms with van der Waals surface area (Å²) in [6, 6.07) is 14.8. The average Bonchev–Trinajstić information content (AvgIpc) is 2.97. The number of carbonyl (C=O) groups excluding carboxylic acids is 1. The quantitative estimate of drug-likeness (QED) is 0.865. The summed E-state index contributed by atoms with van der Waals surface area (Å²) in [6.45, 7) is 1.18. The lowest BCUT2D eigenvalue weighted by Gasteiger charge is -2.44. The number of para-hydroxylation sites is 1. The fraction of sp³-hybridized carbons (Fsp3) is 0.458. The molecule has 3 aliphatic rings. The van der Waals surface area contributed by atoms with Gasteiger partial charge in [0.25, 0.3) is 0 Å². The van der Waals surface area contributed by atoms with Crippen molar-refractivity contribution in [1.82, 2.24) is 4.90 Å². The highest BCUT2D eigenvalue weighted by Gasteiger charge is 2.49. The number of nitrogens with zero attached hydrogens (tertiary/aromatic N) is 2. The van der Waals surface area contributed by atoms with E-state index in [0.717, 1.165) is 43.5 Å². The van der Waals surface area contributed by atoms with E-state index in [2.05, 4.69) is 11.0 Å². The van der Waals surface area contributed by atoms with Gasteiger partial charge >= 0.3 is 0 Å². The first-order valence-corrected chi connectivity index (χ1v) is 10.7. The standard InChI is InChI=1S/C24H27FN2O2/c25-19-9-7-18(8-10-19)24(29)14-20-11-12-21(15-24)27(20)16-23(28)26-13-3-5-17-4-1-2-6-22(17)26/h1-2,4,6-10,20-21,29H,3,5,11-16H2. The van der Waals surface area contributed by atoms with Crippen LogP contribution in [0.1, 0.15) is 43.2 Å². The second-order valence-electron chi connectivity index (χ2n) is 8.78. The molecule has 0 aromatic heterocycles. The van der Waals surface area contributed by atoms with Crippen LogP contribution in [0.2, 0.25) is 0 Å². The summed E-state index contributed by atoms with van der Waals surface area (Å²) in [5.41, 5.74) is 2.15. The van der Waals surface area contributed by atoms with Gasteiger partial charge in [0.15, 0.2) is 0 Å². The van der Waals surface area contributed by atoms with E-state index in [0.29, 0.717) is 19.4 Å². The van der Waals surface area contributed by atoms with Gasteiger partial charge in [-0.05, 0) is 67.9 Å². The molecule has 2 bridgehead atoms. The third kappa shape index (κ3) is 3.36. The number of fused-ring (bicyclic) bond motifs is 3. The van der Waals surface area contributed by atoms with Crippen LogP contribution < -0.4 is 4.90 Å². The fourth-order valence-corrected chi connectivity index (χ4v) is 5.60. The lowest BCUT2D eigenvalue weighted by Crippen LogP contribution is -2.53. The van der Waals surface area contributed by atoms with Crippen LogP contribution in [0, 0.1) is 5.82 Å². The molecule has 5 rings (SSSR count). The minimum absolute atomic E-state index is 0.154. The smallest absolute Gasteiger partial charge is 0.241 e. The van der Waals surface area contributed by atoms with Gasteiger partial charge < -0.3 is 10.0 Å². The van der Waals surface area contributed by atoms with E-state index in [1.165, 1.54) is 17.7 Å². The van der Waals surface area contributed by atoms with Crippen molar-refractivity contribution in [1.29, 1.82) is 0 Å². The van der Waals surface area contributed by atoms with Crippen molar-refractivity contribution in [2.24, 2.45) is 0 Å². The van der Waals surface area contributed by atoms with Gasteiger partial charge in [-0.1, -0.05) is 30.3 Å². The van der Waals surface area contributed by atoms with Gasteiger partial charge in [0, 0.05) is 24.3 Å². The Balaban J connectivity index is 1.32. The summed E-state index contributed by atoms with van der Waals surface area (Å²) in [5, 5.41) is 11.3. The van der Waals surface area contributed by atoms with Crippen molar-refractivity contribution >= 4 is 11.6 Å². The minimum atomic E-state index is -0.934. The number of rotatable bonds is 3.